The van der Waals surface area contributed by atoms with Crippen LogP contribution in [0.25, 0.3) is 0 Å². The van der Waals surface area contributed by atoms with Gasteiger partial charge in [0.05, 0.1) is 6.61 Å². The molecule has 0 aromatic rings. The van der Waals surface area contributed by atoms with Crippen LogP contribution in [0.5, 0.6) is 0 Å². The Labute approximate surface area is 95.6 Å². The Kier molecular flexibility index (Phi) is 11.9. The van der Waals surface area contributed by atoms with Crippen LogP contribution < -0.4 is 5.73 Å². The zero-order valence-corrected chi connectivity index (χ0v) is 10.6. The maximum absolute atomic E-state index is 5.38. The van der Waals surface area contributed by atoms with Crippen LogP contribution in [0.1, 0.15) is 58.8 Å². The number of rotatable bonds is 11. The summed E-state index contributed by atoms with van der Waals surface area (Å²) in [6.07, 6.45) is 9.37. The van der Waals surface area contributed by atoms with Crippen molar-refractivity contribution in [2.24, 2.45) is 11.7 Å². The van der Waals surface area contributed by atoms with E-state index in [1.807, 2.05) is 0 Å². The van der Waals surface area contributed by atoms with Crippen molar-refractivity contribution < 1.29 is 4.74 Å². The van der Waals surface area contributed by atoms with Crippen molar-refractivity contribution in [1.82, 2.24) is 0 Å². The summed E-state index contributed by atoms with van der Waals surface area (Å²) in [5, 5.41) is 0. The highest BCUT2D eigenvalue weighted by atomic mass is 16.5. The summed E-state index contributed by atoms with van der Waals surface area (Å²) in [6.45, 7) is 6.82. The van der Waals surface area contributed by atoms with Gasteiger partial charge in [0.1, 0.15) is 0 Å². The molecule has 2 heteroatoms. The average molecular weight is 215 g/mol. The molecule has 1 atom stereocenters. The molecule has 0 fully saturated rings. The van der Waals surface area contributed by atoms with E-state index in [-0.39, 0.29) is 0 Å². The zero-order valence-electron chi connectivity index (χ0n) is 10.6. The summed E-state index contributed by atoms with van der Waals surface area (Å²) < 4.78 is 5.38. The number of ether oxygens (including phenoxy) is 1. The van der Waals surface area contributed by atoms with Gasteiger partial charge in [0.15, 0.2) is 0 Å². The van der Waals surface area contributed by atoms with Crippen LogP contribution in [-0.2, 0) is 4.74 Å². The fourth-order valence-corrected chi connectivity index (χ4v) is 1.90. The maximum atomic E-state index is 5.38. The fourth-order valence-electron chi connectivity index (χ4n) is 1.90. The van der Waals surface area contributed by atoms with E-state index in [1.54, 1.807) is 0 Å². The summed E-state index contributed by atoms with van der Waals surface area (Å²) in [4.78, 5) is 0. The van der Waals surface area contributed by atoms with Gasteiger partial charge in [-0.05, 0) is 18.8 Å². The first-order valence-electron chi connectivity index (χ1n) is 6.62. The van der Waals surface area contributed by atoms with Gasteiger partial charge in [-0.15, -0.1) is 0 Å². The first-order chi connectivity index (χ1) is 7.35. The molecule has 2 N–H and O–H groups in total. The molecule has 0 bridgehead atoms. The van der Waals surface area contributed by atoms with Gasteiger partial charge < -0.3 is 10.5 Å². The Bertz CT molecular complexity index is 117. The van der Waals surface area contributed by atoms with Gasteiger partial charge in [0.2, 0.25) is 0 Å². The minimum atomic E-state index is 0.647. The van der Waals surface area contributed by atoms with Gasteiger partial charge in [-0.3, -0.25) is 0 Å². The lowest BCUT2D eigenvalue weighted by molar-refractivity contribution is 0.133. The molecule has 0 aromatic heterocycles. The monoisotopic (exact) mass is 215 g/mol. The largest absolute Gasteiger partial charge is 0.380 e. The molecule has 0 spiro atoms. The summed E-state index contributed by atoms with van der Waals surface area (Å²) in [5.41, 5.74) is 5.35. The standard InChI is InChI=1S/C13H29NO/c1-3-5-6-8-13(4-2)9-7-11-15-12-10-14/h13H,3-12,14H2,1-2H3. The molecule has 0 aromatic carbocycles. The molecule has 0 saturated carbocycles. The highest BCUT2D eigenvalue weighted by Gasteiger charge is 2.05. The quantitative estimate of drug-likeness (QED) is 0.536. The molecule has 0 radical (unpaired) electrons. The molecule has 2 nitrogen and oxygen atoms in total. The normalized spacial score (nSPS) is 13.0. The van der Waals surface area contributed by atoms with Gasteiger partial charge in [0.25, 0.3) is 0 Å². The van der Waals surface area contributed by atoms with E-state index >= 15 is 0 Å². The predicted octanol–water partition coefficient (Wildman–Crippen LogP) is 3.35. The van der Waals surface area contributed by atoms with Gasteiger partial charge in [-0.2, -0.15) is 0 Å². The van der Waals surface area contributed by atoms with E-state index in [2.05, 4.69) is 13.8 Å². The van der Waals surface area contributed by atoms with E-state index in [0.717, 1.165) is 12.5 Å². The van der Waals surface area contributed by atoms with Crippen LogP contribution in [0, 0.1) is 5.92 Å². The van der Waals surface area contributed by atoms with Crippen molar-refractivity contribution in [3.05, 3.63) is 0 Å². The molecular formula is C13H29NO. The lowest BCUT2D eigenvalue weighted by Gasteiger charge is -2.14. The third kappa shape index (κ3) is 10.2. The van der Waals surface area contributed by atoms with Crippen LogP contribution in [-0.4, -0.2) is 19.8 Å². The third-order valence-electron chi connectivity index (χ3n) is 2.96. The van der Waals surface area contributed by atoms with E-state index in [1.165, 1.54) is 44.9 Å². The van der Waals surface area contributed by atoms with Crippen molar-refractivity contribution in [2.45, 2.75) is 58.8 Å². The van der Waals surface area contributed by atoms with E-state index in [4.69, 9.17) is 10.5 Å². The molecule has 0 aliphatic carbocycles. The number of nitrogens with two attached hydrogens (primary N) is 1. The van der Waals surface area contributed by atoms with E-state index < -0.39 is 0 Å². The van der Waals surface area contributed by atoms with E-state index in [0.29, 0.717) is 13.2 Å². The smallest absolute Gasteiger partial charge is 0.0588 e. The van der Waals surface area contributed by atoms with Gasteiger partial charge in [-0.1, -0.05) is 46.0 Å². The molecule has 0 saturated heterocycles. The molecule has 0 heterocycles. The van der Waals surface area contributed by atoms with E-state index in [9.17, 15) is 0 Å². The molecule has 92 valence electrons. The Morgan fingerprint density at radius 3 is 2.33 bits per heavy atom. The highest BCUT2D eigenvalue weighted by Crippen LogP contribution is 2.18. The van der Waals surface area contributed by atoms with Gasteiger partial charge >= 0.3 is 0 Å². The minimum absolute atomic E-state index is 0.647. The highest BCUT2D eigenvalue weighted by molar-refractivity contribution is 4.57. The molecule has 0 rings (SSSR count). The Balaban J connectivity index is 3.28. The molecule has 0 amide bonds. The summed E-state index contributed by atoms with van der Waals surface area (Å²) >= 11 is 0. The minimum Gasteiger partial charge on any atom is -0.380 e. The van der Waals surface area contributed by atoms with Crippen LogP contribution in [0.2, 0.25) is 0 Å². The molecule has 1 unspecified atom stereocenters. The number of hydrogen-bond donors (Lipinski definition) is 1. The zero-order chi connectivity index (χ0) is 11.4. The van der Waals surface area contributed by atoms with Crippen LogP contribution in [0.15, 0.2) is 0 Å². The third-order valence-corrected chi connectivity index (χ3v) is 2.96. The second-order valence-electron chi connectivity index (χ2n) is 4.31. The molecule has 0 aliphatic heterocycles. The number of unbranched alkanes of at least 4 members (excludes halogenated alkanes) is 2. The Hall–Kier alpha value is -0.0800. The number of hydrogen-bond acceptors (Lipinski definition) is 2. The van der Waals surface area contributed by atoms with Crippen molar-refractivity contribution in [3.63, 3.8) is 0 Å². The fraction of sp³-hybridized carbons (Fsp3) is 1.00. The summed E-state index contributed by atoms with van der Waals surface area (Å²) in [6, 6.07) is 0. The molecule has 0 aliphatic rings. The maximum Gasteiger partial charge on any atom is 0.0588 e. The van der Waals surface area contributed by atoms with Crippen LogP contribution in [0.4, 0.5) is 0 Å². The SMILES string of the molecule is CCCCCC(CC)CCCOCCN. The van der Waals surface area contributed by atoms with Crippen molar-refractivity contribution in [2.75, 3.05) is 19.8 Å². The van der Waals surface area contributed by atoms with Crippen molar-refractivity contribution in [1.29, 1.82) is 0 Å². The first-order valence-corrected chi connectivity index (χ1v) is 6.62. The average Bonchev–Trinajstić information content (AvgIpc) is 2.26. The predicted molar refractivity (Wildman–Crippen MR) is 67.0 cm³/mol. The van der Waals surface area contributed by atoms with Gasteiger partial charge in [-0.25, -0.2) is 0 Å². The molecule has 15 heavy (non-hydrogen) atoms. The van der Waals surface area contributed by atoms with Gasteiger partial charge in [0, 0.05) is 13.2 Å². The summed E-state index contributed by atoms with van der Waals surface area (Å²) in [7, 11) is 0. The van der Waals surface area contributed by atoms with Crippen LogP contribution in [0.3, 0.4) is 0 Å². The van der Waals surface area contributed by atoms with Crippen LogP contribution >= 0.6 is 0 Å². The van der Waals surface area contributed by atoms with Crippen molar-refractivity contribution in [3.8, 4) is 0 Å². The summed E-state index contributed by atoms with van der Waals surface area (Å²) in [5.74, 6) is 0.915. The molecular weight excluding hydrogens is 186 g/mol. The van der Waals surface area contributed by atoms with Crippen molar-refractivity contribution >= 4 is 0 Å². The topological polar surface area (TPSA) is 35.2 Å². The first kappa shape index (κ1) is 14.9. The lowest BCUT2D eigenvalue weighted by Crippen LogP contribution is -2.09. The lowest BCUT2D eigenvalue weighted by atomic mass is 9.94. The second kappa shape index (κ2) is 12.0. The second-order valence-corrected chi connectivity index (χ2v) is 4.31. The Morgan fingerprint density at radius 2 is 1.73 bits per heavy atom. The Morgan fingerprint density at radius 1 is 1.00 bits per heavy atom.